The first-order valence-corrected chi connectivity index (χ1v) is 10.8. The highest BCUT2D eigenvalue weighted by molar-refractivity contribution is 5.92. The van der Waals surface area contributed by atoms with Gasteiger partial charge in [0.25, 0.3) is 5.91 Å². The van der Waals surface area contributed by atoms with E-state index in [4.69, 9.17) is 10.00 Å². The number of amides is 2. The van der Waals surface area contributed by atoms with Gasteiger partial charge in [-0.3, -0.25) is 4.79 Å². The average molecular weight is 439 g/mol. The molecule has 32 heavy (non-hydrogen) atoms. The Bertz CT molecular complexity index is 980. The van der Waals surface area contributed by atoms with E-state index in [9.17, 15) is 9.59 Å². The minimum absolute atomic E-state index is 0.147. The highest BCUT2D eigenvalue weighted by atomic mass is 16.6. The van der Waals surface area contributed by atoms with Gasteiger partial charge in [-0.1, -0.05) is 0 Å². The lowest BCUT2D eigenvalue weighted by Gasteiger charge is -2.34. The fourth-order valence-corrected chi connectivity index (χ4v) is 3.64. The van der Waals surface area contributed by atoms with Crippen molar-refractivity contribution in [2.75, 3.05) is 31.5 Å². The molecule has 0 bridgehead atoms. The van der Waals surface area contributed by atoms with Crippen molar-refractivity contribution in [1.82, 2.24) is 19.8 Å². The highest BCUT2D eigenvalue weighted by Crippen LogP contribution is 2.25. The predicted octanol–water partition coefficient (Wildman–Crippen LogP) is 3.17. The molecule has 1 fully saturated rings. The second kappa shape index (κ2) is 10.2. The molecule has 0 unspecified atom stereocenters. The minimum Gasteiger partial charge on any atom is -0.444 e. The van der Waals surface area contributed by atoms with Crippen molar-refractivity contribution < 1.29 is 14.3 Å². The zero-order valence-corrected chi connectivity index (χ0v) is 18.8. The van der Waals surface area contributed by atoms with Crippen molar-refractivity contribution in [2.45, 2.75) is 45.3 Å². The first-order chi connectivity index (χ1) is 15.3. The van der Waals surface area contributed by atoms with Gasteiger partial charge < -0.3 is 24.8 Å². The molecule has 0 radical (unpaired) electrons. The second-order valence-corrected chi connectivity index (χ2v) is 8.69. The van der Waals surface area contributed by atoms with Crippen LogP contribution in [0.2, 0.25) is 0 Å². The van der Waals surface area contributed by atoms with Crippen molar-refractivity contribution in [3.8, 4) is 6.07 Å². The Hall–Kier alpha value is -3.54. The number of pyridine rings is 1. The molecule has 1 aliphatic rings. The molecule has 170 valence electrons. The van der Waals surface area contributed by atoms with E-state index >= 15 is 0 Å². The van der Waals surface area contributed by atoms with Crippen LogP contribution in [0.25, 0.3) is 0 Å². The monoisotopic (exact) mass is 438 g/mol. The molecule has 9 heteroatoms. The molecule has 0 aliphatic carbocycles. The number of nitrogens with one attached hydrogen (secondary N) is 2. The molecule has 2 aromatic heterocycles. The zero-order chi connectivity index (χ0) is 23.1. The fraction of sp³-hybridized carbons (Fsp3) is 0.478. The van der Waals surface area contributed by atoms with Crippen molar-refractivity contribution in [3.63, 3.8) is 0 Å². The van der Waals surface area contributed by atoms with Crippen LogP contribution < -0.4 is 10.6 Å². The van der Waals surface area contributed by atoms with Gasteiger partial charge in [0.1, 0.15) is 23.2 Å². The number of nitriles is 1. The Morgan fingerprint density at radius 1 is 1.22 bits per heavy atom. The molecule has 1 aliphatic heterocycles. The first kappa shape index (κ1) is 23.1. The average Bonchev–Trinajstić information content (AvgIpc) is 3.26. The summed E-state index contributed by atoms with van der Waals surface area (Å²) in [6, 6.07) is 9.29. The lowest BCUT2D eigenvalue weighted by Crippen LogP contribution is -2.42. The number of nitrogens with zero attached hydrogens (tertiary/aromatic N) is 4. The quantitative estimate of drug-likeness (QED) is 0.670. The highest BCUT2D eigenvalue weighted by Gasteiger charge is 2.28. The van der Waals surface area contributed by atoms with E-state index in [0.29, 0.717) is 43.3 Å². The predicted molar refractivity (Wildman–Crippen MR) is 120 cm³/mol. The maximum atomic E-state index is 12.7. The Kier molecular flexibility index (Phi) is 7.36. The third-order valence-corrected chi connectivity index (χ3v) is 5.15. The van der Waals surface area contributed by atoms with Gasteiger partial charge in [0.15, 0.2) is 0 Å². The molecule has 3 heterocycles. The smallest absolute Gasteiger partial charge is 0.410 e. The van der Waals surface area contributed by atoms with Crippen LogP contribution in [0.5, 0.6) is 0 Å². The molecule has 0 spiro atoms. The van der Waals surface area contributed by atoms with Crippen LogP contribution in [0.15, 0.2) is 36.7 Å². The minimum atomic E-state index is -0.513. The molecule has 2 N–H and O–H groups in total. The normalized spacial score (nSPS) is 14.5. The zero-order valence-electron chi connectivity index (χ0n) is 18.8. The van der Waals surface area contributed by atoms with Gasteiger partial charge >= 0.3 is 6.09 Å². The van der Waals surface area contributed by atoms with Crippen LogP contribution in [-0.4, -0.2) is 58.2 Å². The summed E-state index contributed by atoms with van der Waals surface area (Å²) in [5.41, 5.74) is 0.544. The molecule has 0 aromatic carbocycles. The van der Waals surface area contributed by atoms with Gasteiger partial charge in [-0.05, 0) is 57.9 Å². The van der Waals surface area contributed by atoms with Gasteiger partial charge in [-0.2, -0.15) is 5.26 Å². The van der Waals surface area contributed by atoms with E-state index in [1.54, 1.807) is 29.3 Å². The van der Waals surface area contributed by atoms with Crippen LogP contribution in [-0.2, 0) is 4.74 Å². The first-order valence-electron chi connectivity index (χ1n) is 10.8. The molecule has 1 saturated heterocycles. The maximum absolute atomic E-state index is 12.7. The third-order valence-electron chi connectivity index (χ3n) is 5.15. The summed E-state index contributed by atoms with van der Waals surface area (Å²) < 4.78 is 7.44. The molecule has 0 saturated carbocycles. The molecule has 9 nitrogen and oxygen atoms in total. The lowest BCUT2D eigenvalue weighted by atomic mass is 10.0. The molecule has 3 rings (SSSR count). The number of likely N-dealkylation sites (tertiary alicyclic amines) is 1. The molecule has 2 aromatic rings. The summed E-state index contributed by atoms with van der Waals surface area (Å²) in [6.07, 6.45) is 4.75. The molecule has 0 atom stereocenters. The number of rotatable bonds is 6. The van der Waals surface area contributed by atoms with Crippen LogP contribution in [0.3, 0.4) is 0 Å². The maximum Gasteiger partial charge on any atom is 0.410 e. The van der Waals surface area contributed by atoms with E-state index in [2.05, 4.69) is 21.7 Å². The Balaban J connectivity index is 1.49. The number of hydrogen-bond donors (Lipinski definition) is 2. The summed E-state index contributed by atoms with van der Waals surface area (Å²) in [6.45, 7) is 7.60. The number of anilines is 1. The second-order valence-electron chi connectivity index (χ2n) is 8.69. The number of carbonyl (C=O) groups is 2. The number of ether oxygens (including phenoxy) is 1. The van der Waals surface area contributed by atoms with Crippen molar-refractivity contribution in [3.05, 3.63) is 47.9 Å². The molecular weight excluding hydrogens is 408 g/mol. The van der Waals surface area contributed by atoms with Gasteiger partial charge in [0, 0.05) is 44.6 Å². The van der Waals surface area contributed by atoms with Crippen molar-refractivity contribution >= 4 is 17.8 Å². The number of hydrogen-bond acceptors (Lipinski definition) is 6. The van der Waals surface area contributed by atoms with E-state index in [1.165, 1.54) is 0 Å². The van der Waals surface area contributed by atoms with Crippen molar-refractivity contribution in [2.24, 2.45) is 0 Å². The van der Waals surface area contributed by atoms with Gasteiger partial charge in [-0.25, -0.2) is 9.78 Å². The van der Waals surface area contributed by atoms with Gasteiger partial charge in [0.05, 0.1) is 5.56 Å². The van der Waals surface area contributed by atoms with Gasteiger partial charge in [-0.15, -0.1) is 0 Å². The third kappa shape index (κ3) is 6.00. The summed E-state index contributed by atoms with van der Waals surface area (Å²) in [5, 5.41) is 15.1. The SMILES string of the molecule is CC(C)(C)OC(=O)N1CCC(n2cccc2C(=O)NCCNc2ncccc2C#N)CC1. The van der Waals surface area contributed by atoms with E-state index in [-0.39, 0.29) is 18.0 Å². The van der Waals surface area contributed by atoms with Gasteiger partial charge in [0.2, 0.25) is 0 Å². The summed E-state index contributed by atoms with van der Waals surface area (Å²) in [5.74, 6) is 0.345. The Morgan fingerprint density at radius 2 is 1.97 bits per heavy atom. The standard InChI is InChI=1S/C23H30N6O3/c1-23(2,3)32-22(31)28-14-8-18(9-15-28)29-13-5-7-19(29)21(30)27-12-11-26-20-17(16-24)6-4-10-25-20/h4-7,10,13,18H,8-9,11-12,14-15H2,1-3H3,(H,25,26)(H,27,30). The summed E-state index contributed by atoms with van der Waals surface area (Å²) in [7, 11) is 0. The van der Waals surface area contributed by atoms with Crippen LogP contribution >= 0.6 is 0 Å². The largest absolute Gasteiger partial charge is 0.444 e. The Labute approximate surface area is 188 Å². The fourth-order valence-electron chi connectivity index (χ4n) is 3.64. The van der Waals surface area contributed by atoms with E-state index in [1.807, 2.05) is 37.6 Å². The number of carbonyl (C=O) groups excluding carboxylic acids is 2. The van der Waals surface area contributed by atoms with Crippen LogP contribution in [0.4, 0.5) is 10.6 Å². The Morgan fingerprint density at radius 3 is 2.66 bits per heavy atom. The number of piperidine rings is 1. The summed E-state index contributed by atoms with van der Waals surface area (Å²) >= 11 is 0. The van der Waals surface area contributed by atoms with Crippen LogP contribution in [0, 0.1) is 11.3 Å². The topological polar surface area (TPSA) is 112 Å². The van der Waals surface area contributed by atoms with Crippen LogP contribution in [0.1, 0.15) is 55.7 Å². The summed E-state index contributed by atoms with van der Waals surface area (Å²) in [4.78, 5) is 30.9. The van der Waals surface area contributed by atoms with E-state index in [0.717, 1.165) is 12.8 Å². The van der Waals surface area contributed by atoms with Crippen molar-refractivity contribution in [1.29, 1.82) is 5.26 Å². The van der Waals surface area contributed by atoms with E-state index < -0.39 is 5.60 Å². The molecule has 2 amide bonds. The number of aromatic nitrogens is 2. The molecular formula is C23H30N6O3. The lowest BCUT2D eigenvalue weighted by molar-refractivity contribution is 0.0187.